The van der Waals surface area contributed by atoms with Crippen LogP contribution < -0.4 is 4.80 Å². The first-order valence-corrected chi connectivity index (χ1v) is 9.51. The Kier molecular flexibility index (Phi) is 4.85. The SMILES string of the molecule is Cc1c(C(C)(C)C)sc(=NC(=O)c2ccc(F)c(C#N)c2)n1CC1CC1. The molecule has 4 nitrogen and oxygen atoms in total. The van der Waals surface area contributed by atoms with E-state index in [1.807, 2.05) is 0 Å². The van der Waals surface area contributed by atoms with Crippen molar-refractivity contribution in [1.29, 1.82) is 5.26 Å². The molecule has 0 radical (unpaired) electrons. The summed E-state index contributed by atoms with van der Waals surface area (Å²) < 4.78 is 15.6. The summed E-state index contributed by atoms with van der Waals surface area (Å²) in [5, 5.41) is 8.96. The van der Waals surface area contributed by atoms with Crippen LogP contribution in [0.2, 0.25) is 0 Å². The van der Waals surface area contributed by atoms with Gasteiger partial charge in [0.15, 0.2) is 4.80 Å². The minimum atomic E-state index is -0.630. The van der Waals surface area contributed by atoms with Gasteiger partial charge in [-0.25, -0.2) is 4.39 Å². The quantitative estimate of drug-likeness (QED) is 0.807. The second kappa shape index (κ2) is 6.81. The zero-order chi connectivity index (χ0) is 19.1. The minimum Gasteiger partial charge on any atom is -0.320 e. The fraction of sp³-hybridized carbons (Fsp3) is 0.450. The molecule has 1 heterocycles. The highest BCUT2D eigenvalue weighted by molar-refractivity contribution is 7.09. The fourth-order valence-electron chi connectivity index (χ4n) is 2.93. The number of rotatable bonds is 3. The van der Waals surface area contributed by atoms with E-state index < -0.39 is 11.7 Å². The van der Waals surface area contributed by atoms with E-state index in [2.05, 4.69) is 37.3 Å². The average Bonchev–Trinajstić information content (AvgIpc) is 3.33. The van der Waals surface area contributed by atoms with Gasteiger partial charge in [0.25, 0.3) is 5.91 Å². The van der Waals surface area contributed by atoms with E-state index in [1.165, 1.54) is 41.2 Å². The largest absolute Gasteiger partial charge is 0.320 e. The smallest absolute Gasteiger partial charge is 0.279 e. The van der Waals surface area contributed by atoms with Crippen LogP contribution in [0.25, 0.3) is 0 Å². The van der Waals surface area contributed by atoms with Crippen molar-refractivity contribution in [3.8, 4) is 6.07 Å². The summed E-state index contributed by atoms with van der Waals surface area (Å²) >= 11 is 1.54. The van der Waals surface area contributed by atoms with E-state index in [9.17, 15) is 9.18 Å². The van der Waals surface area contributed by atoms with E-state index in [4.69, 9.17) is 5.26 Å². The fourth-order valence-corrected chi connectivity index (χ4v) is 4.13. The van der Waals surface area contributed by atoms with E-state index in [0.29, 0.717) is 10.7 Å². The van der Waals surface area contributed by atoms with Gasteiger partial charge in [0.05, 0.1) is 5.56 Å². The Morgan fingerprint density at radius 3 is 2.69 bits per heavy atom. The maximum absolute atomic E-state index is 13.5. The van der Waals surface area contributed by atoms with Crippen molar-refractivity contribution < 1.29 is 9.18 Å². The Bertz CT molecular complexity index is 968. The lowest BCUT2D eigenvalue weighted by Gasteiger charge is -2.17. The Balaban J connectivity index is 2.07. The Hall–Kier alpha value is -2.26. The normalized spacial score (nSPS) is 15.2. The van der Waals surface area contributed by atoms with Crippen LogP contribution in [0.3, 0.4) is 0 Å². The number of aromatic nitrogens is 1. The number of nitriles is 1. The Labute approximate surface area is 156 Å². The van der Waals surface area contributed by atoms with Gasteiger partial charge < -0.3 is 4.57 Å². The van der Waals surface area contributed by atoms with Gasteiger partial charge in [-0.3, -0.25) is 4.79 Å². The van der Waals surface area contributed by atoms with Gasteiger partial charge in [-0.15, -0.1) is 11.3 Å². The maximum Gasteiger partial charge on any atom is 0.279 e. The molecule has 3 rings (SSSR count). The summed E-state index contributed by atoms with van der Waals surface area (Å²) in [6.45, 7) is 9.40. The van der Waals surface area contributed by atoms with E-state index in [0.717, 1.165) is 18.3 Å². The molecule has 0 unspecified atom stereocenters. The number of halogens is 1. The zero-order valence-corrected chi connectivity index (χ0v) is 16.3. The van der Waals surface area contributed by atoms with Crippen LogP contribution in [0.4, 0.5) is 4.39 Å². The average molecular weight is 371 g/mol. The van der Waals surface area contributed by atoms with Crippen molar-refractivity contribution in [2.24, 2.45) is 10.9 Å². The number of amides is 1. The molecular weight excluding hydrogens is 349 g/mol. The molecule has 1 fully saturated rings. The second-order valence-electron chi connectivity index (χ2n) is 7.83. The van der Waals surface area contributed by atoms with Crippen molar-refractivity contribution in [3.05, 3.63) is 50.5 Å². The van der Waals surface area contributed by atoms with Crippen LogP contribution >= 0.6 is 11.3 Å². The third kappa shape index (κ3) is 3.78. The molecule has 0 atom stereocenters. The molecule has 1 saturated carbocycles. The summed E-state index contributed by atoms with van der Waals surface area (Å²) in [5.41, 5.74) is 1.21. The highest BCUT2D eigenvalue weighted by Gasteiger charge is 2.27. The number of nitrogens with zero attached hydrogens (tertiary/aromatic N) is 3. The predicted molar refractivity (Wildman–Crippen MR) is 99.5 cm³/mol. The lowest BCUT2D eigenvalue weighted by Crippen LogP contribution is -2.20. The van der Waals surface area contributed by atoms with Crippen LogP contribution in [0.15, 0.2) is 23.2 Å². The standard InChI is InChI=1S/C20H22FN3OS/c1-12-17(20(2,3)4)26-19(24(12)11-13-5-6-13)23-18(25)14-7-8-16(21)15(9-14)10-22/h7-9,13H,5-6,11H2,1-4H3. The molecular formula is C20H22FN3OS. The molecule has 1 aromatic carbocycles. The monoisotopic (exact) mass is 371 g/mol. The summed E-state index contributed by atoms with van der Waals surface area (Å²) in [6, 6.07) is 5.54. The molecule has 2 aromatic rings. The number of thiazole rings is 1. The second-order valence-corrected chi connectivity index (χ2v) is 8.80. The number of hydrogen-bond acceptors (Lipinski definition) is 3. The van der Waals surface area contributed by atoms with Crippen LogP contribution in [0.5, 0.6) is 0 Å². The van der Waals surface area contributed by atoms with Gasteiger partial charge in [-0.2, -0.15) is 10.3 Å². The van der Waals surface area contributed by atoms with E-state index >= 15 is 0 Å². The van der Waals surface area contributed by atoms with E-state index in [-0.39, 0.29) is 16.5 Å². The molecule has 1 aromatic heterocycles. The van der Waals surface area contributed by atoms with Crippen molar-refractivity contribution in [3.63, 3.8) is 0 Å². The van der Waals surface area contributed by atoms with Gasteiger partial charge in [0.1, 0.15) is 11.9 Å². The van der Waals surface area contributed by atoms with Gasteiger partial charge in [-0.1, -0.05) is 20.8 Å². The first-order valence-electron chi connectivity index (χ1n) is 8.70. The van der Waals surface area contributed by atoms with Crippen LogP contribution in [-0.2, 0) is 12.0 Å². The third-order valence-corrected chi connectivity index (χ3v) is 6.11. The van der Waals surface area contributed by atoms with Crippen LogP contribution in [0.1, 0.15) is 60.1 Å². The molecule has 0 bridgehead atoms. The molecule has 1 amide bonds. The molecule has 1 aliphatic carbocycles. The molecule has 0 aliphatic heterocycles. The van der Waals surface area contributed by atoms with Gasteiger partial charge >= 0.3 is 0 Å². The molecule has 0 spiro atoms. The van der Waals surface area contributed by atoms with Gasteiger partial charge in [-0.05, 0) is 49.3 Å². The van der Waals surface area contributed by atoms with Crippen molar-refractivity contribution in [1.82, 2.24) is 4.57 Å². The lowest BCUT2D eigenvalue weighted by molar-refractivity contribution is 0.0997. The Morgan fingerprint density at radius 1 is 1.42 bits per heavy atom. The van der Waals surface area contributed by atoms with Gasteiger partial charge in [0.2, 0.25) is 0 Å². The van der Waals surface area contributed by atoms with Crippen LogP contribution in [-0.4, -0.2) is 10.5 Å². The molecule has 0 saturated heterocycles. The minimum absolute atomic E-state index is 0.0271. The molecule has 6 heteroatoms. The Morgan fingerprint density at radius 2 is 2.12 bits per heavy atom. The summed E-state index contributed by atoms with van der Waals surface area (Å²) in [4.78, 5) is 18.8. The summed E-state index contributed by atoms with van der Waals surface area (Å²) in [6.07, 6.45) is 2.42. The number of hydrogen-bond donors (Lipinski definition) is 0. The first-order chi connectivity index (χ1) is 12.2. The van der Waals surface area contributed by atoms with Gasteiger partial charge in [0, 0.05) is 22.7 Å². The molecule has 26 heavy (non-hydrogen) atoms. The molecule has 0 N–H and O–H groups in total. The third-order valence-electron chi connectivity index (χ3n) is 4.51. The number of carbonyl (C=O) groups excluding carboxylic acids is 1. The zero-order valence-electron chi connectivity index (χ0n) is 15.5. The van der Waals surface area contributed by atoms with Crippen molar-refractivity contribution in [2.75, 3.05) is 0 Å². The number of carbonyl (C=O) groups is 1. The first kappa shape index (κ1) is 18.5. The predicted octanol–water partition coefficient (Wildman–Crippen LogP) is 4.32. The highest BCUT2D eigenvalue weighted by atomic mass is 32.1. The summed E-state index contributed by atoms with van der Waals surface area (Å²) in [5.74, 6) is -0.427. The maximum atomic E-state index is 13.5. The van der Waals surface area contributed by atoms with Crippen LogP contribution in [0, 0.1) is 30.0 Å². The summed E-state index contributed by atoms with van der Waals surface area (Å²) in [7, 11) is 0. The lowest BCUT2D eigenvalue weighted by atomic mass is 9.93. The molecule has 1 aliphatic rings. The van der Waals surface area contributed by atoms with E-state index in [1.54, 1.807) is 6.07 Å². The molecule has 136 valence electrons. The number of benzene rings is 1. The highest BCUT2D eigenvalue weighted by Crippen LogP contribution is 2.33. The van der Waals surface area contributed by atoms with Crippen molar-refractivity contribution in [2.45, 2.75) is 52.5 Å². The van der Waals surface area contributed by atoms with Crippen molar-refractivity contribution >= 4 is 17.2 Å². The topological polar surface area (TPSA) is 58.1 Å².